The molecule has 8 nitrogen and oxygen atoms in total. The van der Waals surface area contributed by atoms with Crippen molar-refractivity contribution in [3.05, 3.63) is 120 Å². The number of halogens is 1. The van der Waals surface area contributed by atoms with Crippen LogP contribution in [0.25, 0.3) is 11.0 Å². The molecule has 0 bridgehead atoms. The van der Waals surface area contributed by atoms with Gasteiger partial charge in [0.05, 0.1) is 7.11 Å². The van der Waals surface area contributed by atoms with Gasteiger partial charge in [-0.25, -0.2) is 4.39 Å². The Hall–Kier alpha value is -5.15. The molecule has 4 aromatic carbocycles. The first-order valence-corrected chi connectivity index (χ1v) is 14.5. The fourth-order valence-corrected chi connectivity index (χ4v) is 5.23. The van der Waals surface area contributed by atoms with Gasteiger partial charge in [0, 0.05) is 42.3 Å². The Kier molecular flexibility index (Phi) is 8.56. The lowest BCUT2D eigenvalue weighted by atomic mass is 10.0. The molecule has 0 spiro atoms. The van der Waals surface area contributed by atoms with Gasteiger partial charge in [0.15, 0.2) is 5.76 Å². The van der Waals surface area contributed by atoms with Crippen molar-refractivity contribution < 1.29 is 27.9 Å². The van der Waals surface area contributed by atoms with Crippen LogP contribution in [0.3, 0.4) is 0 Å². The Bertz CT molecular complexity index is 1740. The number of rotatable bonds is 9. The van der Waals surface area contributed by atoms with Crippen LogP contribution in [0.5, 0.6) is 17.2 Å². The average Bonchev–Trinajstić information content (AvgIpc) is 3.48. The lowest BCUT2D eigenvalue weighted by Crippen LogP contribution is -2.44. The zero-order valence-electron chi connectivity index (χ0n) is 24.2. The van der Waals surface area contributed by atoms with Crippen LogP contribution in [0.15, 0.2) is 101 Å². The molecule has 0 atom stereocenters. The third-order valence-corrected chi connectivity index (χ3v) is 7.65. The van der Waals surface area contributed by atoms with Gasteiger partial charge in [0.2, 0.25) is 0 Å². The van der Waals surface area contributed by atoms with Gasteiger partial charge in [-0.15, -0.1) is 0 Å². The fourth-order valence-electron chi connectivity index (χ4n) is 5.23. The number of amides is 2. The highest BCUT2D eigenvalue weighted by atomic mass is 19.1. The summed E-state index contributed by atoms with van der Waals surface area (Å²) in [6.07, 6.45) is 1.72. The number of ether oxygens (including phenoxy) is 2. The second-order valence-electron chi connectivity index (χ2n) is 10.8. The number of carbonyl (C=O) groups excluding carboxylic acids is 2. The van der Waals surface area contributed by atoms with Crippen molar-refractivity contribution in [1.82, 2.24) is 10.2 Å². The standard InChI is InChI=1S/C35H32FN3O5/c1-42-29-9-2-23(3-10-29)22-39-18-16-27(17-19-39)37-35(41)33-21-25-20-28(8-15-32(25)44-33)38-34(40)24-4-11-30(12-5-24)43-31-13-6-26(36)7-14-31/h2-15,20-21,27H,16-19,22H2,1H3,(H,37,41)(H,38,40). The summed E-state index contributed by atoms with van der Waals surface area (Å²) in [5.41, 5.74) is 2.81. The molecule has 2 heterocycles. The summed E-state index contributed by atoms with van der Waals surface area (Å²) < 4.78 is 29.9. The van der Waals surface area contributed by atoms with Gasteiger partial charge in [-0.3, -0.25) is 14.5 Å². The maximum atomic E-state index is 13.1. The van der Waals surface area contributed by atoms with Crippen LogP contribution in [-0.2, 0) is 6.54 Å². The molecule has 0 aliphatic carbocycles. The molecule has 1 aliphatic heterocycles. The molecule has 0 saturated carbocycles. The molecule has 44 heavy (non-hydrogen) atoms. The number of piperidine rings is 1. The molecular formula is C35H32FN3O5. The zero-order valence-corrected chi connectivity index (χ0v) is 24.2. The molecule has 0 unspecified atom stereocenters. The Morgan fingerprint density at radius 3 is 2.18 bits per heavy atom. The van der Waals surface area contributed by atoms with E-state index >= 15 is 0 Å². The Balaban J connectivity index is 1.01. The minimum absolute atomic E-state index is 0.0742. The first kappa shape index (κ1) is 28.9. The van der Waals surface area contributed by atoms with Crippen molar-refractivity contribution in [3.63, 3.8) is 0 Å². The Labute approximate surface area is 254 Å². The number of anilines is 1. The molecule has 1 aromatic heterocycles. The Morgan fingerprint density at radius 1 is 0.841 bits per heavy atom. The lowest BCUT2D eigenvalue weighted by Gasteiger charge is -2.32. The van der Waals surface area contributed by atoms with E-state index in [4.69, 9.17) is 13.9 Å². The van der Waals surface area contributed by atoms with Gasteiger partial charge in [0.1, 0.15) is 28.6 Å². The normalized spacial score (nSPS) is 13.9. The molecule has 1 saturated heterocycles. The highest BCUT2D eigenvalue weighted by Gasteiger charge is 2.23. The van der Waals surface area contributed by atoms with Crippen molar-refractivity contribution >= 4 is 28.5 Å². The second-order valence-corrected chi connectivity index (χ2v) is 10.8. The van der Waals surface area contributed by atoms with Crippen LogP contribution < -0.4 is 20.1 Å². The molecule has 2 N–H and O–H groups in total. The third kappa shape index (κ3) is 7.07. The summed E-state index contributed by atoms with van der Waals surface area (Å²) in [6.45, 7) is 2.65. The van der Waals surface area contributed by atoms with Crippen molar-refractivity contribution in [2.24, 2.45) is 0 Å². The summed E-state index contributed by atoms with van der Waals surface area (Å²) in [4.78, 5) is 28.2. The largest absolute Gasteiger partial charge is 0.497 e. The first-order valence-electron chi connectivity index (χ1n) is 14.5. The van der Waals surface area contributed by atoms with E-state index < -0.39 is 0 Å². The van der Waals surface area contributed by atoms with E-state index in [9.17, 15) is 14.0 Å². The third-order valence-electron chi connectivity index (χ3n) is 7.65. The number of nitrogens with one attached hydrogen (secondary N) is 2. The van der Waals surface area contributed by atoms with Crippen molar-refractivity contribution in [3.8, 4) is 17.2 Å². The van der Waals surface area contributed by atoms with Gasteiger partial charge >= 0.3 is 0 Å². The van der Waals surface area contributed by atoms with Crippen molar-refractivity contribution in [2.75, 3.05) is 25.5 Å². The summed E-state index contributed by atoms with van der Waals surface area (Å²) in [6, 6.07) is 27.5. The van der Waals surface area contributed by atoms with Crippen LogP contribution in [0.2, 0.25) is 0 Å². The second kappa shape index (κ2) is 13.0. The van der Waals surface area contributed by atoms with Crippen molar-refractivity contribution in [2.45, 2.75) is 25.4 Å². The summed E-state index contributed by atoms with van der Waals surface area (Å²) in [5.74, 6) is 1.22. The summed E-state index contributed by atoms with van der Waals surface area (Å²) in [5, 5.41) is 6.71. The van der Waals surface area contributed by atoms with Gasteiger partial charge < -0.3 is 24.5 Å². The predicted octanol–water partition coefficient (Wildman–Crippen LogP) is 7.02. The summed E-state index contributed by atoms with van der Waals surface area (Å²) in [7, 11) is 1.66. The lowest BCUT2D eigenvalue weighted by molar-refractivity contribution is 0.0883. The number of likely N-dealkylation sites (tertiary alicyclic amines) is 1. The topological polar surface area (TPSA) is 93.0 Å². The minimum Gasteiger partial charge on any atom is -0.497 e. The van der Waals surface area contributed by atoms with Crippen LogP contribution >= 0.6 is 0 Å². The predicted molar refractivity (Wildman–Crippen MR) is 166 cm³/mol. The number of methoxy groups -OCH3 is 1. The monoisotopic (exact) mass is 593 g/mol. The van der Waals surface area contributed by atoms with Crippen LogP contribution in [-0.4, -0.2) is 43.0 Å². The molecule has 9 heteroatoms. The van der Waals surface area contributed by atoms with E-state index in [1.807, 2.05) is 12.1 Å². The summed E-state index contributed by atoms with van der Waals surface area (Å²) >= 11 is 0. The number of benzene rings is 4. The van der Waals surface area contributed by atoms with Crippen LogP contribution in [0.4, 0.5) is 10.1 Å². The molecule has 0 radical (unpaired) electrons. The number of furan rings is 1. The number of hydrogen-bond acceptors (Lipinski definition) is 6. The highest BCUT2D eigenvalue weighted by Crippen LogP contribution is 2.26. The average molecular weight is 594 g/mol. The first-order chi connectivity index (χ1) is 21.4. The molecule has 1 fully saturated rings. The van der Waals surface area contributed by atoms with Gasteiger partial charge in [-0.05, 0) is 103 Å². The molecule has 5 aromatic rings. The SMILES string of the molecule is COc1ccc(CN2CCC(NC(=O)c3cc4cc(NC(=O)c5ccc(Oc6ccc(F)cc6)cc5)ccc4o3)CC2)cc1. The quantitative estimate of drug-likeness (QED) is 0.191. The molecule has 224 valence electrons. The Morgan fingerprint density at radius 2 is 1.50 bits per heavy atom. The van der Waals surface area contributed by atoms with E-state index in [1.54, 1.807) is 55.6 Å². The zero-order chi connectivity index (χ0) is 30.5. The highest BCUT2D eigenvalue weighted by molar-refractivity contribution is 6.05. The van der Waals surface area contributed by atoms with Gasteiger partial charge in [-0.2, -0.15) is 0 Å². The number of fused-ring (bicyclic) bond motifs is 1. The molecular weight excluding hydrogens is 561 g/mol. The molecule has 2 amide bonds. The van der Waals surface area contributed by atoms with E-state index in [-0.39, 0.29) is 29.4 Å². The van der Waals surface area contributed by atoms with Gasteiger partial charge in [0.25, 0.3) is 11.8 Å². The minimum atomic E-state index is -0.342. The van der Waals surface area contributed by atoms with E-state index in [1.165, 1.54) is 29.8 Å². The van der Waals surface area contributed by atoms with E-state index in [0.29, 0.717) is 33.7 Å². The van der Waals surface area contributed by atoms with E-state index in [2.05, 4.69) is 27.7 Å². The smallest absolute Gasteiger partial charge is 0.287 e. The van der Waals surface area contributed by atoms with Crippen LogP contribution in [0.1, 0.15) is 39.3 Å². The number of carbonyl (C=O) groups is 2. The van der Waals surface area contributed by atoms with Crippen LogP contribution in [0, 0.1) is 5.82 Å². The number of hydrogen-bond donors (Lipinski definition) is 2. The van der Waals surface area contributed by atoms with E-state index in [0.717, 1.165) is 38.2 Å². The maximum absolute atomic E-state index is 13.1. The number of nitrogens with zero attached hydrogens (tertiary/aromatic N) is 1. The molecule has 1 aliphatic rings. The fraction of sp³-hybridized carbons (Fsp3) is 0.200. The van der Waals surface area contributed by atoms with Crippen molar-refractivity contribution in [1.29, 1.82) is 0 Å². The maximum Gasteiger partial charge on any atom is 0.287 e. The van der Waals surface area contributed by atoms with Gasteiger partial charge in [-0.1, -0.05) is 12.1 Å². The molecule has 6 rings (SSSR count).